The minimum absolute atomic E-state index is 0.000796. The molecule has 2 N–H and O–H groups in total. The van der Waals surface area contributed by atoms with Gasteiger partial charge in [-0.3, -0.25) is 9.59 Å². The molecule has 5 aliphatic rings. The molecule has 4 unspecified atom stereocenters. The SMILES string of the molecule is CN1[C@@H]2CC[C@H]1CC(C1(C(=O)O)CCC1(C(=O)O)C1C[C@H]3CC[C@@H](C1)N3C)C2. The second kappa shape index (κ2) is 6.18. The zero-order valence-corrected chi connectivity index (χ0v) is 17.1. The van der Waals surface area contributed by atoms with Gasteiger partial charge in [-0.15, -0.1) is 0 Å². The third-order valence-corrected chi connectivity index (χ3v) is 10.1. The summed E-state index contributed by atoms with van der Waals surface area (Å²) in [5.74, 6) is -1.66. The lowest BCUT2D eigenvalue weighted by Crippen LogP contribution is -2.69. The van der Waals surface area contributed by atoms with Crippen LogP contribution in [0.2, 0.25) is 0 Å². The first-order chi connectivity index (χ1) is 13.3. The zero-order valence-electron chi connectivity index (χ0n) is 17.1. The van der Waals surface area contributed by atoms with E-state index in [0.717, 1.165) is 51.4 Å². The molecule has 5 rings (SSSR count). The number of hydrogen-bond donors (Lipinski definition) is 2. The number of piperidine rings is 2. The Bertz CT molecular complexity index is 612. The fourth-order valence-corrected chi connectivity index (χ4v) is 8.37. The lowest BCUT2D eigenvalue weighted by molar-refractivity contribution is -0.224. The summed E-state index contributed by atoms with van der Waals surface area (Å²) in [7, 11) is 4.32. The minimum atomic E-state index is -1.07. The Kier molecular flexibility index (Phi) is 4.16. The second-order valence-corrected chi connectivity index (χ2v) is 10.5. The summed E-state index contributed by atoms with van der Waals surface area (Å²) >= 11 is 0. The van der Waals surface area contributed by atoms with Crippen molar-refractivity contribution in [1.29, 1.82) is 0 Å². The molecule has 1 aliphatic carbocycles. The quantitative estimate of drug-likeness (QED) is 0.768. The highest BCUT2D eigenvalue weighted by Gasteiger charge is 2.74. The van der Waals surface area contributed by atoms with Gasteiger partial charge in [0.1, 0.15) is 0 Å². The van der Waals surface area contributed by atoms with Gasteiger partial charge in [-0.2, -0.15) is 0 Å². The number of fused-ring (bicyclic) bond motifs is 4. The topological polar surface area (TPSA) is 81.1 Å². The van der Waals surface area contributed by atoms with Crippen LogP contribution >= 0.6 is 0 Å². The molecule has 0 aromatic rings. The van der Waals surface area contributed by atoms with Crippen molar-refractivity contribution in [3.63, 3.8) is 0 Å². The Labute approximate surface area is 167 Å². The largest absolute Gasteiger partial charge is 0.481 e. The summed E-state index contributed by atoms with van der Waals surface area (Å²) in [4.78, 5) is 30.5. The van der Waals surface area contributed by atoms with E-state index in [1.54, 1.807) is 0 Å². The Morgan fingerprint density at radius 2 is 0.964 bits per heavy atom. The molecular formula is C22H34N2O4. The van der Waals surface area contributed by atoms with E-state index in [9.17, 15) is 19.8 Å². The van der Waals surface area contributed by atoms with E-state index in [4.69, 9.17) is 0 Å². The van der Waals surface area contributed by atoms with Crippen LogP contribution in [0.25, 0.3) is 0 Å². The van der Waals surface area contributed by atoms with Gasteiger partial charge in [0.25, 0.3) is 0 Å². The predicted octanol–water partition coefficient (Wildman–Crippen LogP) is 2.67. The number of carbonyl (C=O) groups is 2. The summed E-state index contributed by atoms with van der Waals surface area (Å²) in [6.45, 7) is 0. The molecule has 0 aromatic carbocycles. The van der Waals surface area contributed by atoms with Crippen LogP contribution in [-0.4, -0.2) is 70.2 Å². The summed E-state index contributed by atoms with van der Waals surface area (Å²) in [5.41, 5.74) is -2.14. The van der Waals surface area contributed by atoms with Crippen molar-refractivity contribution >= 4 is 11.9 Å². The third-order valence-electron chi connectivity index (χ3n) is 10.1. The van der Waals surface area contributed by atoms with Crippen molar-refractivity contribution in [2.75, 3.05) is 14.1 Å². The number of aliphatic carboxylic acids is 2. The molecule has 28 heavy (non-hydrogen) atoms. The van der Waals surface area contributed by atoms with Gasteiger partial charge in [0.2, 0.25) is 0 Å². The van der Waals surface area contributed by atoms with E-state index in [1.165, 1.54) is 0 Å². The minimum Gasteiger partial charge on any atom is -0.481 e. The van der Waals surface area contributed by atoms with Gasteiger partial charge in [-0.1, -0.05) is 0 Å². The van der Waals surface area contributed by atoms with Crippen LogP contribution < -0.4 is 0 Å². The molecule has 5 fully saturated rings. The Balaban J connectivity index is 1.52. The molecule has 0 radical (unpaired) electrons. The molecule has 1 saturated carbocycles. The van der Waals surface area contributed by atoms with E-state index < -0.39 is 22.8 Å². The van der Waals surface area contributed by atoms with Crippen molar-refractivity contribution in [3.8, 4) is 0 Å². The van der Waals surface area contributed by atoms with Crippen LogP contribution in [0.1, 0.15) is 64.2 Å². The maximum absolute atomic E-state index is 12.8. The highest BCUT2D eigenvalue weighted by Crippen LogP contribution is 2.70. The first kappa shape index (κ1) is 18.9. The highest BCUT2D eigenvalue weighted by atomic mass is 16.4. The molecule has 8 atom stereocenters. The van der Waals surface area contributed by atoms with Gasteiger partial charge < -0.3 is 20.0 Å². The van der Waals surface area contributed by atoms with E-state index in [2.05, 4.69) is 23.9 Å². The first-order valence-corrected chi connectivity index (χ1v) is 11.2. The van der Waals surface area contributed by atoms with E-state index >= 15 is 0 Å². The van der Waals surface area contributed by atoms with Gasteiger partial charge >= 0.3 is 11.9 Å². The molecule has 0 spiro atoms. The van der Waals surface area contributed by atoms with Gasteiger partial charge in [-0.05, 0) is 90.1 Å². The number of carboxylic acids is 2. The predicted molar refractivity (Wildman–Crippen MR) is 104 cm³/mol. The number of carboxylic acid groups (broad SMARTS) is 2. The zero-order chi connectivity index (χ0) is 19.8. The van der Waals surface area contributed by atoms with Crippen LogP contribution in [0.3, 0.4) is 0 Å². The average Bonchev–Trinajstić information content (AvgIpc) is 2.95. The molecular weight excluding hydrogens is 356 g/mol. The molecule has 4 heterocycles. The Hall–Kier alpha value is -1.14. The normalized spacial score (nSPS) is 51.1. The second-order valence-electron chi connectivity index (χ2n) is 10.5. The third kappa shape index (κ3) is 2.16. The van der Waals surface area contributed by atoms with E-state index in [1.807, 2.05) is 0 Å². The van der Waals surface area contributed by atoms with E-state index in [0.29, 0.717) is 37.0 Å². The Morgan fingerprint density at radius 1 is 0.679 bits per heavy atom. The fourth-order valence-electron chi connectivity index (χ4n) is 8.37. The molecule has 0 amide bonds. The van der Waals surface area contributed by atoms with Crippen molar-refractivity contribution in [2.24, 2.45) is 22.7 Å². The molecule has 156 valence electrons. The molecule has 6 heteroatoms. The van der Waals surface area contributed by atoms with Crippen LogP contribution in [-0.2, 0) is 9.59 Å². The highest BCUT2D eigenvalue weighted by molar-refractivity contribution is 5.89. The molecule has 4 bridgehead atoms. The van der Waals surface area contributed by atoms with Crippen LogP contribution in [0.4, 0.5) is 0 Å². The lowest BCUT2D eigenvalue weighted by Gasteiger charge is -2.63. The van der Waals surface area contributed by atoms with Crippen molar-refractivity contribution in [3.05, 3.63) is 0 Å². The lowest BCUT2D eigenvalue weighted by atomic mass is 9.38. The summed E-state index contributed by atoms with van der Waals surface area (Å²) in [5, 5.41) is 21.0. The summed E-state index contributed by atoms with van der Waals surface area (Å²) in [6, 6.07) is 1.72. The number of nitrogens with zero attached hydrogens (tertiary/aromatic N) is 2. The van der Waals surface area contributed by atoms with Crippen LogP contribution in [0.15, 0.2) is 0 Å². The van der Waals surface area contributed by atoms with Crippen molar-refractivity contribution < 1.29 is 19.8 Å². The number of hydrogen-bond acceptors (Lipinski definition) is 4. The monoisotopic (exact) mass is 390 g/mol. The molecule has 6 nitrogen and oxygen atoms in total. The van der Waals surface area contributed by atoms with Crippen LogP contribution in [0.5, 0.6) is 0 Å². The maximum Gasteiger partial charge on any atom is 0.311 e. The first-order valence-electron chi connectivity index (χ1n) is 11.2. The van der Waals surface area contributed by atoms with Crippen LogP contribution in [0, 0.1) is 22.7 Å². The fraction of sp³-hybridized carbons (Fsp3) is 0.909. The maximum atomic E-state index is 12.8. The number of rotatable bonds is 4. The molecule has 0 aromatic heterocycles. The molecule has 4 saturated heterocycles. The van der Waals surface area contributed by atoms with Gasteiger partial charge in [0.05, 0.1) is 10.8 Å². The summed E-state index contributed by atoms with van der Waals surface area (Å²) in [6.07, 6.45) is 9.03. The van der Waals surface area contributed by atoms with Crippen molar-refractivity contribution in [2.45, 2.75) is 88.4 Å². The van der Waals surface area contributed by atoms with Gasteiger partial charge in [0, 0.05) is 24.2 Å². The van der Waals surface area contributed by atoms with Gasteiger partial charge in [0.15, 0.2) is 0 Å². The van der Waals surface area contributed by atoms with Crippen molar-refractivity contribution in [1.82, 2.24) is 9.80 Å². The molecule has 4 aliphatic heterocycles. The standard InChI is InChI=1S/C22H34N2O4/c1-23-15-3-4-16(23)10-13(9-15)21(19(25)26)7-8-22(21,20(27)28)14-11-17-5-6-18(12-14)24(17)2/h13-18H,3-12H2,1-2H3,(H,25,26)(H,27,28)/t13?,14?,15-,16+,17-,18+,21?,22?. The smallest absolute Gasteiger partial charge is 0.311 e. The average molecular weight is 391 g/mol. The Morgan fingerprint density at radius 3 is 1.18 bits per heavy atom. The van der Waals surface area contributed by atoms with E-state index in [-0.39, 0.29) is 11.8 Å². The van der Waals surface area contributed by atoms with Gasteiger partial charge in [-0.25, -0.2) is 0 Å². The summed E-state index contributed by atoms with van der Waals surface area (Å²) < 4.78 is 0.